The molecule has 0 rings (SSSR count). The molecule has 0 aliphatic rings. The summed E-state index contributed by atoms with van der Waals surface area (Å²) in [6.07, 6.45) is 0. The molecule has 0 aromatic heterocycles. The topological polar surface area (TPSA) is 37.3 Å². The molecule has 0 fully saturated rings. The molecule has 0 amide bonds. The first-order chi connectivity index (χ1) is 4.19. The van der Waals surface area contributed by atoms with Gasteiger partial charge in [0.05, 0.1) is 0 Å². The maximum Gasteiger partial charge on any atom is 0.374 e. The highest BCUT2D eigenvalue weighted by Crippen LogP contribution is 2.09. The standard InChI is InChI=1S/C3H4F2O2/c1-3(4,5)2(6)7/h1H3,(H,6,7)/i1D3. The van der Waals surface area contributed by atoms with Gasteiger partial charge in [-0.15, -0.1) is 0 Å². The number of carboxylic acids is 1. The van der Waals surface area contributed by atoms with Gasteiger partial charge in [0, 0.05) is 11.0 Å². The third-order valence-electron chi connectivity index (χ3n) is 0.269. The Bertz CT molecular complexity index is 152. The lowest BCUT2D eigenvalue weighted by atomic mass is 10.4. The van der Waals surface area contributed by atoms with Crippen molar-refractivity contribution in [1.29, 1.82) is 0 Å². The van der Waals surface area contributed by atoms with Crippen LogP contribution in [0.3, 0.4) is 0 Å². The summed E-state index contributed by atoms with van der Waals surface area (Å²) in [4.78, 5) is 9.56. The quantitative estimate of drug-likeness (QED) is 0.544. The van der Waals surface area contributed by atoms with Gasteiger partial charge in [-0.25, -0.2) is 4.79 Å². The number of carbonyl (C=O) groups is 1. The molecule has 0 bridgehead atoms. The molecule has 0 aliphatic heterocycles. The van der Waals surface area contributed by atoms with Crippen LogP contribution in [0.25, 0.3) is 0 Å². The van der Waals surface area contributed by atoms with E-state index in [-0.39, 0.29) is 0 Å². The number of alkyl halides is 2. The summed E-state index contributed by atoms with van der Waals surface area (Å²) in [5.41, 5.74) is 0. The average molecular weight is 113 g/mol. The summed E-state index contributed by atoms with van der Waals surface area (Å²) in [5.74, 6) is -7.28. The van der Waals surface area contributed by atoms with E-state index in [2.05, 4.69) is 0 Å². The summed E-state index contributed by atoms with van der Waals surface area (Å²) in [6, 6.07) is 0. The SMILES string of the molecule is [2H]C([2H])([2H])C(F)(F)C(=O)O. The third-order valence-corrected chi connectivity index (χ3v) is 0.269. The van der Waals surface area contributed by atoms with Crippen LogP contribution >= 0.6 is 0 Å². The zero-order valence-electron chi connectivity index (χ0n) is 6.11. The fraction of sp³-hybridized carbons (Fsp3) is 0.667. The number of rotatable bonds is 1. The Balaban J connectivity index is 4.57. The molecule has 7 heavy (non-hydrogen) atoms. The minimum atomic E-state index is -4.65. The number of hydrogen-bond donors (Lipinski definition) is 1. The first-order valence-electron chi connectivity index (χ1n) is 2.81. The van der Waals surface area contributed by atoms with Gasteiger partial charge in [-0.3, -0.25) is 0 Å². The maximum atomic E-state index is 11.9. The Kier molecular flexibility index (Phi) is 0.533. The van der Waals surface area contributed by atoms with E-state index >= 15 is 0 Å². The molecular weight excluding hydrogens is 106 g/mol. The Morgan fingerprint density at radius 1 is 2.00 bits per heavy atom. The van der Waals surface area contributed by atoms with Crippen LogP contribution in [-0.2, 0) is 4.79 Å². The van der Waals surface area contributed by atoms with Crippen molar-refractivity contribution < 1.29 is 22.8 Å². The first kappa shape index (κ1) is 2.59. The third kappa shape index (κ3) is 2.08. The fourth-order valence-electron chi connectivity index (χ4n) is 0. The van der Waals surface area contributed by atoms with E-state index in [1.165, 1.54) is 0 Å². The van der Waals surface area contributed by atoms with Gasteiger partial charge in [-0.05, 0) is 0 Å². The van der Waals surface area contributed by atoms with Gasteiger partial charge in [-0.2, -0.15) is 8.78 Å². The maximum absolute atomic E-state index is 11.9. The van der Waals surface area contributed by atoms with E-state index in [1.807, 2.05) is 0 Å². The second kappa shape index (κ2) is 1.44. The number of hydrogen-bond acceptors (Lipinski definition) is 1. The van der Waals surface area contributed by atoms with Crippen LogP contribution in [0.1, 0.15) is 11.0 Å². The lowest BCUT2D eigenvalue weighted by molar-refractivity contribution is -0.161. The minimum absolute atomic E-state index is 2.63. The molecule has 0 aliphatic carbocycles. The van der Waals surface area contributed by atoms with E-state index in [0.29, 0.717) is 0 Å². The van der Waals surface area contributed by atoms with Crippen molar-refractivity contribution in [3.05, 3.63) is 0 Å². The smallest absolute Gasteiger partial charge is 0.374 e. The van der Waals surface area contributed by atoms with Gasteiger partial charge in [0.25, 0.3) is 0 Å². The summed E-state index contributed by atoms with van der Waals surface area (Å²) < 4.78 is 42.0. The second-order valence-corrected chi connectivity index (χ2v) is 0.880. The van der Waals surface area contributed by atoms with Crippen LogP contribution in [0.15, 0.2) is 0 Å². The highest BCUT2D eigenvalue weighted by molar-refractivity contribution is 5.74. The van der Waals surface area contributed by atoms with E-state index in [9.17, 15) is 13.6 Å². The van der Waals surface area contributed by atoms with Crippen molar-refractivity contribution in [2.24, 2.45) is 0 Å². The summed E-state index contributed by atoms with van der Waals surface area (Å²) in [6.45, 7) is -3.77. The van der Waals surface area contributed by atoms with Crippen molar-refractivity contribution in [2.75, 3.05) is 0 Å². The molecule has 0 saturated carbocycles. The molecule has 1 N–H and O–H groups in total. The van der Waals surface area contributed by atoms with Crippen LogP contribution in [0.4, 0.5) is 8.78 Å². The van der Waals surface area contributed by atoms with Crippen LogP contribution in [0.5, 0.6) is 0 Å². The zero-order chi connectivity index (χ0) is 8.58. The molecular formula is C3H4F2O2. The fourth-order valence-corrected chi connectivity index (χ4v) is 0. The van der Waals surface area contributed by atoms with Gasteiger partial charge >= 0.3 is 11.9 Å². The van der Waals surface area contributed by atoms with Crippen molar-refractivity contribution in [2.45, 2.75) is 12.8 Å². The lowest BCUT2D eigenvalue weighted by Crippen LogP contribution is -2.22. The first-order valence-corrected chi connectivity index (χ1v) is 1.31. The molecule has 0 radical (unpaired) electrons. The van der Waals surface area contributed by atoms with Crippen LogP contribution in [-0.4, -0.2) is 17.0 Å². The minimum Gasteiger partial charge on any atom is -0.477 e. The highest BCUT2D eigenvalue weighted by Gasteiger charge is 2.31. The largest absolute Gasteiger partial charge is 0.477 e. The predicted molar refractivity (Wildman–Crippen MR) is 18.3 cm³/mol. The van der Waals surface area contributed by atoms with Gasteiger partial charge in [0.15, 0.2) is 0 Å². The van der Waals surface area contributed by atoms with E-state index in [0.717, 1.165) is 0 Å². The van der Waals surface area contributed by atoms with E-state index in [1.54, 1.807) is 0 Å². The molecule has 0 aromatic rings. The number of aliphatic carboxylic acids is 1. The van der Waals surface area contributed by atoms with Crippen molar-refractivity contribution in [3.63, 3.8) is 0 Å². The van der Waals surface area contributed by atoms with Crippen LogP contribution in [0.2, 0.25) is 0 Å². The molecule has 0 atom stereocenters. The van der Waals surface area contributed by atoms with Crippen molar-refractivity contribution >= 4 is 5.97 Å². The van der Waals surface area contributed by atoms with Gasteiger partial charge < -0.3 is 5.11 Å². The molecule has 42 valence electrons. The number of halogens is 2. The molecule has 0 unspecified atom stereocenters. The van der Waals surface area contributed by atoms with Gasteiger partial charge in [-0.1, -0.05) is 0 Å². The predicted octanol–water partition coefficient (Wildman–Crippen LogP) is 0.726. The highest BCUT2D eigenvalue weighted by atomic mass is 19.3. The molecule has 0 saturated heterocycles. The lowest BCUT2D eigenvalue weighted by Gasteiger charge is -1.98. The number of carboxylic acid groups (broad SMARTS) is 1. The monoisotopic (exact) mass is 113 g/mol. The van der Waals surface area contributed by atoms with Gasteiger partial charge in [0.1, 0.15) is 0 Å². The van der Waals surface area contributed by atoms with Crippen LogP contribution < -0.4 is 0 Å². The molecule has 4 heteroatoms. The summed E-state index contributed by atoms with van der Waals surface area (Å²) in [7, 11) is 0. The Hall–Kier alpha value is -0.670. The van der Waals surface area contributed by atoms with Gasteiger partial charge in [0.2, 0.25) is 0 Å². The molecule has 0 spiro atoms. The molecule has 0 heterocycles. The Morgan fingerprint density at radius 3 is 2.43 bits per heavy atom. The van der Waals surface area contributed by atoms with Crippen molar-refractivity contribution in [1.82, 2.24) is 0 Å². The summed E-state index contributed by atoms with van der Waals surface area (Å²) >= 11 is 0. The van der Waals surface area contributed by atoms with E-state index in [4.69, 9.17) is 9.22 Å². The average Bonchev–Trinajstić information content (AvgIpc) is 1.62. The van der Waals surface area contributed by atoms with Crippen molar-refractivity contribution in [3.8, 4) is 0 Å². The summed E-state index contributed by atoms with van der Waals surface area (Å²) in [5, 5.41) is 7.67. The zero-order valence-corrected chi connectivity index (χ0v) is 3.11. The second-order valence-electron chi connectivity index (χ2n) is 0.880. The van der Waals surface area contributed by atoms with Crippen LogP contribution in [0, 0.1) is 0 Å². The Morgan fingerprint density at radius 2 is 2.43 bits per heavy atom. The van der Waals surface area contributed by atoms with E-state index < -0.39 is 18.7 Å². The Labute approximate surface area is 43.0 Å². The normalized spacial score (nSPS) is 19.4. The molecule has 2 nitrogen and oxygen atoms in total. The molecule has 0 aromatic carbocycles.